The summed E-state index contributed by atoms with van der Waals surface area (Å²) >= 11 is 0. The lowest BCUT2D eigenvalue weighted by Gasteiger charge is -2.34. The fourth-order valence-corrected chi connectivity index (χ4v) is 2.33. The highest BCUT2D eigenvalue weighted by atomic mass is 16.2. The van der Waals surface area contributed by atoms with E-state index in [1.54, 1.807) is 15.8 Å². The number of aromatic nitrogens is 2. The van der Waals surface area contributed by atoms with Gasteiger partial charge in [-0.05, 0) is 25.3 Å². The summed E-state index contributed by atoms with van der Waals surface area (Å²) in [6.07, 6.45) is 4.49. The zero-order valence-electron chi connectivity index (χ0n) is 9.80. The van der Waals surface area contributed by atoms with E-state index in [1.807, 2.05) is 13.1 Å². The topological polar surface area (TPSA) is 81.2 Å². The summed E-state index contributed by atoms with van der Waals surface area (Å²) in [4.78, 5) is 24.3. The zero-order valence-corrected chi connectivity index (χ0v) is 9.80. The number of nitrogens with two attached hydrogens (primary N) is 1. The number of rotatable bonds is 1. The van der Waals surface area contributed by atoms with Crippen molar-refractivity contribution >= 4 is 11.8 Å². The molecule has 1 atom stereocenters. The molecule has 1 aliphatic rings. The van der Waals surface area contributed by atoms with Gasteiger partial charge in [-0.1, -0.05) is 0 Å². The Morgan fingerprint density at radius 2 is 2.24 bits per heavy atom. The van der Waals surface area contributed by atoms with Crippen molar-refractivity contribution in [1.82, 2.24) is 14.7 Å². The molecule has 2 amide bonds. The Hall–Kier alpha value is -1.85. The molecular formula is C11H16N4O2. The first-order valence-electron chi connectivity index (χ1n) is 5.69. The predicted octanol–water partition coefficient (Wildman–Crippen LogP) is -0.0410. The average Bonchev–Trinajstić information content (AvgIpc) is 2.74. The summed E-state index contributed by atoms with van der Waals surface area (Å²) in [6, 6.07) is 1.79. The van der Waals surface area contributed by atoms with Gasteiger partial charge < -0.3 is 10.6 Å². The van der Waals surface area contributed by atoms with E-state index in [4.69, 9.17) is 5.73 Å². The summed E-state index contributed by atoms with van der Waals surface area (Å²) in [5.74, 6) is -1.49. The van der Waals surface area contributed by atoms with Crippen LogP contribution < -0.4 is 5.73 Å². The first-order valence-corrected chi connectivity index (χ1v) is 5.69. The van der Waals surface area contributed by atoms with Gasteiger partial charge in [-0.25, -0.2) is 0 Å². The van der Waals surface area contributed by atoms with E-state index in [0.29, 0.717) is 6.54 Å². The molecule has 1 aliphatic heterocycles. The van der Waals surface area contributed by atoms with Crippen molar-refractivity contribution in [3.05, 3.63) is 18.0 Å². The second kappa shape index (κ2) is 4.57. The highest BCUT2D eigenvalue weighted by molar-refractivity contribution is 6.34. The van der Waals surface area contributed by atoms with Crippen molar-refractivity contribution in [1.29, 1.82) is 0 Å². The van der Waals surface area contributed by atoms with Crippen LogP contribution in [0.3, 0.4) is 0 Å². The van der Waals surface area contributed by atoms with Crippen LogP contribution in [0.25, 0.3) is 0 Å². The molecule has 2 heterocycles. The molecule has 17 heavy (non-hydrogen) atoms. The Morgan fingerprint density at radius 3 is 2.82 bits per heavy atom. The van der Waals surface area contributed by atoms with Crippen LogP contribution in [0.4, 0.5) is 0 Å². The largest absolute Gasteiger partial charge is 0.361 e. The van der Waals surface area contributed by atoms with Crippen LogP contribution in [-0.4, -0.2) is 33.0 Å². The van der Waals surface area contributed by atoms with Gasteiger partial charge in [0.1, 0.15) is 0 Å². The molecule has 2 N–H and O–H groups in total. The Labute approximate surface area is 99.4 Å². The Kier molecular flexibility index (Phi) is 3.12. The third-order valence-corrected chi connectivity index (χ3v) is 3.17. The number of nitrogens with zero attached hydrogens (tertiary/aromatic N) is 3. The number of amides is 2. The third-order valence-electron chi connectivity index (χ3n) is 3.17. The lowest BCUT2D eigenvalue weighted by Crippen LogP contribution is -2.45. The molecule has 0 spiro atoms. The van der Waals surface area contributed by atoms with E-state index in [9.17, 15) is 9.59 Å². The van der Waals surface area contributed by atoms with Crippen LogP contribution in [0, 0.1) is 0 Å². The molecule has 0 unspecified atom stereocenters. The van der Waals surface area contributed by atoms with Gasteiger partial charge in [0.25, 0.3) is 0 Å². The molecule has 1 aromatic heterocycles. The molecule has 0 radical (unpaired) electrons. The Balaban J connectivity index is 2.27. The number of primary amides is 1. The van der Waals surface area contributed by atoms with Crippen molar-refractivity contribution in [2.24, 2.45) is 12.8 Å². The fourth-order valence-electron chi connectivity index (χ4n) is 2.33. The number of hydrogen-bond donors (Lipinski definition) is 1. The quantitative estimate of drug-likeness (QED) is 0.694. The van der Waals surface area contributed by atoms with Gasteiger partial charge in [0, 0.05) is 19.8 Å². The van der Waals surface area contributed by atoms with Gasteiger partial charge in [-0.2, -0.15) is 5.10 Å². The summed E-state index contributed by atoms with van der Waals surface area (Å²) in [5, 5.41) is 4.09. The minimum absolute atomic E-state index is 0.0868. The number of carbonyl (C=O) groups excluding carboxylic acids is 2. The number of aryl methyl sites for hydroxylation is 1. The van der Waals surface area contributed by atoms with E-state index < -0.39 is 11.8 Å². The van der Waals surface area contributed by atoms with Gasteiger partial charge in [0.05, 0.1) is 11.7 Å². The standard InChI is InChI=1S/C11H16N4O2/c1-14-8(5-6-13-14)9-4-2-3-7-15(9)11(17)10(12)16/h5-6,9H,2-4,7H2,1H3,(H2,12,16)/t9-/m0/s1. The van der Waals surface area contributed by atoms with Gasteiger partial charge in [0.2, 0.25) is 0 Å². The summed E-state index contributed by atoms with van der Waals surface area (Å²) < 4.78 is 1.73. The molecule has 0 saturated carbocycles. The van der Waals surface area contributed by atoms with Crippen molar-refractivity contribution < 1.29 is 9.59 Å². The maximum absolute atomic E-state index is 11.7. The number of carbonyl (C=O) groups is 2. The molecule has 0 aromatic carbocycles. The normalized spacial score (nSPS) is 20.3. The molecule has 1 saturated heterocycles. The highest BCUT2D eigenvalue weighted by Gasteiger charge is 2.31. The summed E-state index contributed by atoms with van der Waals surface area (Å²) in [6.45, 7) is 0.581. The molecule has 6 heteroatoms. The van der Waals surface area contributed by atoms with Crippen molar-refractivity contribution in [3.63, 3.8) is 0 Å². The maximum atomic E-state index is 11.7. The van der Waals surface area contributed by atoms with E-state index in [2.05, 4.69) is 5.10 Å². The molecule has 0 aliphatic carbocycles. The smallest absolute Gasteiger partial charge is 0.312 e. The monoisotopic (exact) mass is 236 g/mol. The number of hydrogen-bond acceptors (Lipinski definition) is 3. The van der Waals surface area contributed by atoms with Gasteiger partial charge in [-0.3, -0.25) is 14.3 Å². The van der Waals surface area contributed by atoms with Gasteiger partial charge >= 0.3 is 11.8 Å². The predicted molar refractivity (Wildman–Crippen MR) is 60.7 cm³/mol. The number of likely N-dealkylation sites (tertiary alicyclic amines) is 1. The average molecular weight is 236 g/mol. The van der Waals surface area contributed by atoms with Crippen LogP contribution in [0.2, 0.25) is 0 Å². The SMILES string of the molecule is Cn1nccc1[C@@H]1CCCCN1C(=O)C(N)=O. The van der Waals surface area contributed by atoms with E-state index in [-0.39, 0.29) is 6.04 Å². The molecule has 2 rings (SSSR count). The van der Waals surface area contributed by atoms with Crippen LogP contribution in [0.15, 0.2) is 12.3 Å². The lowest BCUT2D eigenvalue weighted by atomic mass is 9.99. The first kappa shape index (κ1) is 11.6. The van der Waals surface area contributed by atoms with Gasteiger partial charge in [0.15, 0.2) is 0 Å². The molecule has 6 nitrogen and oxygen atoms in total. The lowest BCUT2D eigenvalue weighted by molar-refractivity contribution is -0.147. The van der Waals surface area contributed by atoms with Gasteiger partial charge in [-0.15, -0.1) is 0 Å². The fraction of sp³-hybridized carbons (Fsp3) is 0.545. The molecular weight excluding hydrogens is 220 g/mol. The van der Waals surface area contributed by atoms with E-state index in [1.165, 1.54) is 0 Å². The minimum atomic E-state index is -0.890. The number of piperidine rings is 1. The van der Waals surface area contributed by atoms with Crippen LogP contribution in [-0.2, 0) is 16.6 Å². The second-order valence-electron chi connectivity index (χ2n) is 4.25. The third kappa shape index (κ3) is 2.15. The van der Waals surface area contributed by atoms with Crippen molar-refractivity contribution in [2.75, 3.05) is 6.54 Å². The van der Waals surface area contributed by atoms with Crippen molar-refractivity contribution in [3.8, 4) is 0 Å². The Bertz CT molecular complexity index is 440. The van der Waals surface area contributed by atoms with Crippen LogP contribution >= 0.6 is 0 Å². The molecule has 0 bridgehead atoms. The Morgan fingerprint density at radius 1 is 1.47 bits per heavy atom. The van der Waals surface area contributed by atoms with Crippen LogP contribution in [0.5, 0.6) is 0 Å². The molecule has 92 valence electrons. The zero-order chi connectivity index (χ0) is 12.4. The second-order valence-corrected chi connectivity index (χ2v) is 4.25. The first-order chi connectivity index (χ1) is 8.11. The molecule has 1 aromatic rings. The molecule has 1 fully saturated rings. The summed E-state index contributed by atoms with van der Waals surface area (Å²) in [7, 11) is 1.83. The van der Waals surface area contributed by atoms with E-state index in [0.717, 1.165) is 25.0 Å². The maximum Gasteiger partial charge on any atom is 0.312 e. The van der Waals surface area contributed by atoms with Crippen LogP contribution in [0.1, 0.15) is 31.0 Å². The van der Waals surface area contributed by atoms with Crippen molar-refractivity contribution in [2.45, 2.75) is 25.3 Å². The highest BCUT2D eigenvalue weighted by Crippen LogP contribution is 2.30. The van der Waals surface area contributed by atoms with E-state index >= 15 is 0 Å². The summed E-state index contributed by atoms with van der Waals surface area (Å²) in [5.41, 5.74) is 6.01. The minimum Gasteiger partial charge on any atom is -0.361 e.